The van der Waals surface area contributed by atoms with Gasteiger partial charge in [-0.2, -0.15) is 0 Å². The first-order valence-electron chi connectivity index (χ1n) is 6.52. The third-order valence-electron chi connectivity index (χ3n) is 3.43. The minimum absolute atomic E-state index is 0.0395. The molecule has 0 aromatic heterocycles. The van der Waals surface area contributed by atoms with E-state index in [-0.39, 0.29) is 5.84 Å². The molecule has 2 aromatic carbocycles. The number of benzene rings is 2. The molecule has 0 aliphatic carbocycles. The van der Waals surface area contributed by atoms with E-state index >= 15 is 0 Å². The van der Waals surface area contributed by atoms with Crippen molar-refractivity contribution in [1.29, 1.82) is 0 Å². The van der Waals surface area contributed by atoms with E-state index in [1.807, 2.05) is 18.0 Å². The Morgan fingerprint density at radius 2 is 1.81 bits per heavy atom. The highest BCUT2D eigenvalue weighted by Gasteiger charge is 2.12. The van der Waals surface area contributed by atoms with Crippen LogP contribution in [0.1, 0.15) is 16.7 Å². The zero-order valence-corrected chi connectivity index (χ0v) is 13.0. The summed E-state index contributed by atoms with van der Waals surface area (Å²) >= 11 is 6.32. The molecule has 0 saturated carbocycles. The monoisotopic (exact) mass is 303 g/mol. The van der Waals surface area contributed by atoms with Gasteiger partial charge >= 0.3 is 0 Å². The van der Waals surface area contributed by atoms with E-state index in [1.54, 1.807) is 12.1 Å². The van der Waals surface area contributed by atoms with Crippen LogP contribution in [0.3, 0.4) is 0 Å². The van der Waals surface area contributed by atoms with Gasteiger partial charge in [0.2, 0.25) is 0 Å². The molecule has 4 nitrogen and oxygen atoms in total. The van der Waals surface area contributed by atoms with Gasteiger partial charge in [-0.3, -0.25) is 0 Å². The highest BCUT2D eigenvalue weighted by molar-refractivity contribution is 6.33. The Balaban J connectivity index is 2.42. The van der Waals surface area contributed by atoms with Crippen molar-refractivity contribution in [3.63, 3.8) is 0 Å². The smallest absolute Gasteiger partial charge is 0.170 e. The van der Waals surface area contributed by atoms with E-state index in [9.17, 15) is 0 Å². The van der Waals surface area contributed by atoms with E-state index in [0.717, 1.165) is 11.4 Å². The first kappa shape index (κ1) is 15.2. The number of amidine groups is 1. The van der Waals surface area contributed by atoms with Crippen molar-refractivity contribution >= 4 is 28.8 Å². The van der Waals surface area contributed by atoms with Crippen molar-refractivity contribution in [3.8, 4) is 0 Å². The predicted molar refractivity (Wildman–Crippen MR) is 87.9 cm³/mol. The molecule has 0 spiro atoms. The number of aryl methyl sites for hydroxylation is 2. The molecule has 21 heavy (non-hydrogen) atoms. The number of nitrogens with two attached hydrogens (primary N) is 1. The highest BCUT2D eigenvalue weighted by atomic mass is 35.5. The molecule has 0 amide bonds. The van der Waals surface area contributed by atoms with Crippen molar-refractivity contribution in [2.45, 2.75) is 13.8 Å². The number of rotatable bonds is 3. The van der Waals surface area contributed by atoms with E-state index < -0.39 is 0 Å². The van der Waals surface area contributed by atoms with Crippen molar-refractivity contribution < 1.29 is 5.21 Å². The number of halogens is 1. The van der Waals surface area contributed by atoms with Crippen molar-refractivity contribution in [2.75, 3.05) is 11.9 Å². The molecule has 0 saturated heterocycles. The van der Waals surface area contributed by atoms with Gasteiger partial charge in [-0.25, -0.2) is 0 Å². The molecule has 5 heteroatoms. The molecule has 3 N–H and O–H groups in total. The van der Waals surface area contributed by atoms with E-state index in [2.05, 4.69) is 37.2 Å². The Kier molecular flexibility index (Phi) is 4.38. The number of hydrogen-bond acceptors (Lipinski definition) is 3. The van der Waals surface area contributed by atoms with Crippen LogP contribution in [0.15, 0.2) is 41.6 Å². The summed E-state index contributed by atoms with van der Waals surface area (Å²) in [5.41, 5.74) is 10.5. The molecular weight excluding hydrogens is 286 g/mol. The molecule has 0 atom stereocenters. The summed E-state index contributed by atoms with van der Waals surface area (Å²) in [4.78, 5) is 2.02. The molecule has 110 valence electrons. The van der Waals surface area contributed by atoms with Gasteiger partial charge in [-0.15, -0.1) is 0 Å². The number of oxime groups is 1. The third kappa shape index (κ3) is 3.11. The average Bonchev–Trinajstić information content (AvgIpc) is 2.45. The minimum Gasteiger partial charge on any atom is -0.409 e. The van der Waals surface area contributed by atoms with Crippen LogP contribution in [-0.4, -0.2) is 18.1 Å². The summed E-state index contributed by atoms with van der Waals surface area (Å²) in [6, 6.07) is 11.6. The fraction of sp³-hybridized carbons (Fsp3) is 0.188. The molecule has 0 radical (unpaired) electrons. The van der Waals surface area contributed by atoms with Gasteiger partial charge in [0.05, 0.1) is 10.7 Å². The summed E-state index contributed by atoms with van der Waals surface area (Å²) in [5, 5.41) is 12.2. The number of anilines is 2. The zero-order valence-electron chi connectivity index (χ0n) is 12.3. The van der Waals surface area contributed by atoms with Gasteiger partial charge in [-0.1, -0.05) is 34.5 Å². The second-order valence-corrected chi connectivity index (χ2v) is 5.41. The Bertz CT molecular complexity index is 698. The zero-order chi connectivity index (χ0) is 15.6. The van der Waals surface area contributed by atoms with Gasteiger partial charge in [0.1, 0.15) is 0 Å². The third-order valence-corrected chi connectivity index (χ3v) is 3.73. The van der Waals surface area contributed by atoms with Crippen LogP contribution in [0.5, 0.6) is 0 Å². The molecule has 0 aliphatic rings. The Labute approximate surface area is 129 Å². The number of hydrogen-bond donors (Lipinski definition) is 2. The topological polar surface area (TPSA) is 61.8 Å². The molecule has 0 unspecified atom stereocenters. The van der Waals surface area contributed by atoms with Gasteiger partial charge in [-0.05, 0) is 43.7 Å². The molecule has 0 bridgehead atoms. The maximum absolute atomic E-state index is 8.71. The van der Waals surface area contributed by atoms with Gasteiger partial charge in [0.25, 0.3) is 0 Å². The van der Waals surface area contributed by atoms with Crippen molar-refractivity contribution in [2.24, 2.45) is 10.9 Å². The van der Waals surface area contributed by atoms with E-state index in [1.165, 1.54) is 11.1 Å². The summed E-state index contributed by atoms with van der Waals surface area (Å²) in [6.45, 7) is 4.13. The lowest BCUT2D eigenvalue weighted by molar-refractivity contribution is 0.318. The lowest BCUT2D eigenvalue weighted by Gasteiger charge is -2.23. The average molecular weight is 304 g/mol. The maximum atomic E-state index is 8.71. The quantitative estimate of drug-likeness (QED) is 0.392. The summed E-state index contributed by atoms with van der Waals surface area (Å²) < 4.78 is 0. The van der Waals surface area contributed by atoms with Gasteiger partial charge < -0.3 is 15.8 Å². The van der Waals surface area contributed by atoms with Crippen LogP contribution in [0, 0.1) is 13.8 Å². The Hall–Kier alpha value is -2.20. The Morgan fingerprint density at radius 1 is 1.14 bits per heavy atom. The maximum Gasteiger partial charge on any atom is 0.170 e. The largest absolute Gasteiger partial charge is 0.409 e. The highest BCUT2D eigenvalue weighted by Crippen LogP contribution is 2.33. The minimum atomic E-state index is 0.0395. The fourth-order valence-corrected chi connectivity index (χ4v) is 2.61. The van der Waals surface area contributed by atoms with Crippen LogP contribution in [0.2, 0.25) is 5.02 Å². The van der Waals surface area contributed by atoms with Crippen LogP contribution >= 0.6 is 11.6 Å². The summed E-state index contributed by atoms with van der Waals surface area (Å²) in [6.07, 6.45) is 0. The first-order chi connectivity index (χ1) is 9.93. The molecule has 0 aliphatic heterocycles. The van der Waals surface area contributed by atoms with Crippen LogP contribution < -0.4 is 10.6 Å². The van der Waals surface area contributed by atoms with Gasteiger partial charge in [0, 0.05) is 18.3 Å². The second kappa shape index (κ2) is 6.06. The lowest BCUT2D eigenvalue weighted by Crippen LogP contribution is -2.15. The second-order valence-electron chi connectivity index (χ2n) is 5.00. The summed E-state index contributed by atoms with van der Waals surface area (Å²) in [5.74, 6) is 0.0395. The normalized spacial score (nSPS) is 11.5. The van der Waals surface area contributed by atoms with Crippen molar-refractivity contribution in [3.05, 3.63) is 58.1 Å². The first-order valence-corrected chi connectivity index (χ1v) is 6.90. The molecule has 0 fully saturated rings. The molecular formula is C16H18ClN3O. The number of nitrogens with zero attached hydrogens (tertiary/aromatic N) is 2. The predicted octanol–water partition coefficient (Wildman–Crippen LogP) is 3.82. The summed E-state index contributed by atoms with van der Waals surface area (Å²) in [7, 11) is 1.96. The van der Waals surface area contributed by atoms with Crippen molar-refractivity contribution in [1.82, 2.24) is 0 Å². The van der Waals surface area contributed by atoms with Crippen LogP contribution in [0.25, 0.3) is 0 Å². The molecule has 2 aromatic rings. The van der Waals surface area contributed by atoms with E-state index in [4.69, 9.17) is 22.5 Å². The van der Waals surface area contributed by atoms with Crippen LogP contribution in [-0.2, 0) is 0 Å². The van der Waals surface area contributed by atoms with Crippen LogP contribution in [0.4, 0.5) is 11.4 Å². The Morgan fingerprint density at radius 3 is 2.38 bits per heavy atom. The standard InChI is InChI=1S/C16H18ClN3O/c1-10-4-6-14(11(2)8-10)20(3)15-7-5-12(9-13(15)17)16(18)19-21/h4-9,21H,1-3H3,(H2,18,19). The van der Waals surface area contributed by atoms with E-state index in [0.29, 0.717) is 10.6 Å². The fourth-order valence-electron chi connectivity index (χ4n) is 2.31. The molecule has 2 rings (SSSR count). The lowest BCUT2D eigenvalue weighted by atomic mass is 10.1. The van der Waals surface area contributed by atoms with Gasteiger partial charge in [0.15, 0.2) is 5.84 Å². The SMILES string of the molecule is Cc1ccc(N(C)c2ccc(C(N)=NO)cc2Cl)c(C)c1. The molecule has 0 heterocycles.